The molecular weight excluding hydrogens is 175 g/mol. The maximum absolute atomic E-state index is 10.6. The zero-order chi connectivity index (χ0) is 6.85. The van der Waals surface area contributed by atoms with Gasteiger partial charge in [-0.1, -0.05) is 6.54 Å². The van der Waals surface area contributed by atoms with Crippen molar-refractivity contribution in [3.8, 4) is 0 Å². The van der Waals surface area contributed by atoms with Crippen LogP contribution in [0.25, 0.3) is 0 Å². The summed E-state index contributed by atoms with van der Waals surface area (Å²) in [7, 11) is 0. The fourth-order valence-corrected chi connectivity index (χ4v) is 0.652. The van der Waals surface area contributed by atoms with Crippen molar-refractivity contribution in [2.24, 2.45) is 0 Å². The van der Waals surface area contributed by atoms with E-state index in [2.05, 4.69) is 6.92 Å². The number of imide groups is 1. The van der Waals surface area contributed by atoms with Gasteiger partial charge in [-0.2, -0.15) is 0 Å². The molecule has 1 radical (unpaired) electrons. The summed E-state index contributed by atoms with van der Waals surface area (Å²) in [6.07, 6.45) is 2.49. The molecule has 0 unspecified atom stereocenters. The van der Waals surface area contributed by atoms with Crippen molar-refractivity contribution >= 4 is 11.8 Å². The van der Waals surface area contributed by atoms with Crippen molar-refractivity contribution in [1.29, 1.82) is 0 Å². The summed E-state index contributed by atoms with van der Waals surface area (Å²) in [5.74, 6) is -0.537. The maximum atomic E-state index is 10.6. The molecular formula is C7H9NO2Sc-2. The summed E-state index contributed by atoms with van der Waals surface area (Å²) in [6, 6.07) is 0. The Morgan fingerprint density at radius 1 is 1.27 bits per heavy atom. The van der Waals surface area contributed by atoms with Gasteiger partial charge in [0.25, 0.3) is 11.8 Å². The van der Waals surface area contributed by atoms with E-state index in [0.717, 1.165) is 4.90 Å². The van der Waals surface area contributed by atoms with Gasteiger partial charge >= 0.3 is 0 Å². The van der Waals surface area contributed by atoms with Gasteiger partial charge in [0.15, 0.2) is 0 Å². The summed E-state index contributed by atoms with van der Waals surface area (Å²) in [5.41, 5.74) is 0. The molecule has 0 saturated carbocycles. The molecule has 59 valence electrons. The first-order valence-corrected chi connectivity index (χ1v) is 2.58. The molecule has 1 aliphatic rings. The summed E-state index contributed by atoms with van der Waals surface area (Å²) >= 11 is 0. The van der Waals surface area contributed by atoms with Gasteiger partial charge in [0.2, 0.25) is 0 Å². The van der Waals surface area contributed by atoms with Crippen LogP contribution in [0.3, 0.4) is 0 Å². The minimum atomic E-state index is -0.269. The normalized spacial score (nSPS) is 14.5. The number of hydrogen-bond donors (Lipinski definition) is 0. The van der Waals surface area contributed by atoms with E-state index in [4.69, 9.17) is 0 Å². The van der Waals surface area contributed by atoms with E-state index in [0.29, 0.717) is 0 Å². The molecule has 4 heteroatoms. The number of carbonyl (C=O) groups is 2. The van der Waals surface area contributed by atoms with Gasteiger partial charge in [-0.05, 0) is 0 Å². The van der Waals surface area contributed by atoms with E-state index in [1.165, 1.54) is 12.2 Å². The van der Waals surface area contributed by atoms with Crippen molar-refractivity contribution in [3.05, 3.63) is 26.5 Å². The van der Waals surface area contributed by atoms with Crippen molar-refractivity contribution in [2.75, 3.05) is 6.54 Å². The van der Waals surface area contributed by atoms with Crippen LogP contribution in [0.15, 0.2) is 12.2 Å². The fraction of sp³-hybridized carbons (Fsp3) is 0.143. The van der Waals surface area contributed by atoms with Crippen molar-refractivity contribution < 1.29 is 35.4 Å². The van der Waals surface area contributed by atoms with E-state index in [9.17, 15) is 9.59 Å². The quantitative estimate of drug-likeness (QED) is 0.431. The second-order valence-electron chi connectivity index (χ2n) is 1.66. The molecule has 0 spiro atoms. The summed E-state index contributed by atoms with van der Waals surface area (Å²) < 4.78 is 0. The first kappa shape index (κ1) is 13.3. The second-order valence-corrected chi connectivity index (χ2v) is 1.66. The van der Waals surface area contributed by atoms with Crippen LogP contribution in [0.5, 0.6) is 0 Å². The van der Waals surface area contributed by atoms with Crippen LogP contribution in [0.4, 0.5) is 0 Å². The molecule has 2 amide bonds. The Kier molecular flexibility index (Phi) is 6.56. The minimum absolute atomic E-state index is 0. The Morgan fingerprint density at radius 2 is 1.64 bits per heavy atom. The Hall–Kier alpha value is -0.250. The number of nitrogens with zero attached hydrogens (tertiary/aromatic N) is 1. The largest absolute Gasteiger partial charge is 0.358 e. The molecule has 0 saturated heterocycles. The van der Waals surface area contributed by atoms with Crippen LogP contribution in [0, 0.1) is 14.4 Å². The number of hydrogen-bond acceptors (Lipinski definition) is 2. The SMILES string of the molecule is [CH2-]CN1C(=O)C=CC1=O.[CH3-].[Sc]. The zero-order valence-corrected chi connectivity index (χ0v) is 8.21. The monoisotopic (exact) mass is 184 g/mol. The van der Waals surface area contributed by atoms with Crippen LogP contribution in [0.1, 0.15) is 0 Å². The molecule has 0 aliphatic carbocycles. The van der Waals surface area contributed by atoms with E-state index < -0.39 is 0 Å². The average molecular weight is 184 g/mol. The standard InChI is InChI=1S/C6H6NO2.CH3.Sc/c1-2-7-5(8)3-4-6(7)9;;/h3-4H,1-2H2;1H3;/q2*-1;. The molecule has 1 rings (SSSR count). The molecule has 3 nitrogen and oxygen atoms in total. The summed E-state index contributed by atoms with van der Waals surface area (Å²) in [4.78, 5) is 22.3. The molecule has 0 N–H and O–H groups in total. The van der Waals surface area contributed by atoms with Crippen LogP contribution in [-0.4, -0.2) is 23.3 Å². The van der Waals surface area contributed by atoms with Crippen molar-refractivity contribution in [1.82, 2.24) is 4.90 Å². The van der Waals surface area contributed by atoms with Gasteiger partial charge in [0.05, 0.1) is 0 Å². The molecule has 11 heavy (non-hydrogen) atoms. The van der Waals surface area contributed by atoms with Gasteiger partial charge in [0, 0.05) is 38.0 Å². The Labute approximate surface area is 85.2 Å². The predicted octanol–water partition coefficient (Wildman–Crippen LogP) is 0.193. The Bertz CT molecular complexity index is 171. The summed E-state index contributed by atoms with van der Waals surface area (Å²) in [5, 5.41) is 0. The Balaban J connectivity index is 0. The topological polar surface area (TPSA) is 37.4 Å². The van der Waals surface area contributed by atoms with Crippen LogP contribution >= 0.6 is 0 Å². The number of carbonyl (C=O) groups excluding carboxylic acids is 2. The summed E-state index contributed by atoms with van der Waals surface area (Å²) in [6.45, 7) is 3.63. The van der Waals surface area contributed by atoms with Gasteiger partial charge < -0.3 is 19.3 Å². The van der Waals surface area contributed by atoms with Crippen LogP contribution in [-0.2, 0) is 35.4 Å². The molecule has 0 aromatic carbocycles. The molecule has 1 aliphatic heterocycles. The van der Waals surface area contributed by atoms with Crippen LogP contribution in [0.2, 0.25) is 0 Å². The number of rotatable bonds is 1. The van der Waals surface area contributed by atoms with Crippen molar-refractivity contribution in [2.45, 2.75) is 0 Å². The Morgan fingerprint density at radius 3 is 1.82 bits per heavy atom. The van der Waals surface area contributed by atoms with Gasteiger partial charge in [-0.25, -0.2) is 0 Å². The molecule has 0 aromatic heterocycles. The predicted molar refractivity (Wildman–Crippen MR) is 37.6 cm³/mol. The first-order chi connectivity index (χ1) is 4.25. The van der Waals surface area contributed by atoms with E-state index in [1.807, 2.05) is 0 Å². The number of amides is 2. The molecule has 0 fully saturated rings. The van der Waals surface area contributed by atoms with E-state index in [-0.39, 0.29) is 51.6 Å². The van der Waals surface area contributed by atoms with E-state index >= 15 is 0 Å². The smallest absolute Gasteiger partial charge is 0.251 e. The third-order valence-electron chi connectivity index (χ3n) is 1.12. The average Bonchev–Trinajstić information content (AvgIpc) is 2.12. The third-order valence-corrected chi connectivity index (χ3v) is 1.12. The van der Waals surface area contributed by atoms with Gasteiger partial charge in [-0.15, -0.1) is 0 Å². The fourth-order valence-electron chi connectivity index (χ4n) is 0.652. The molecule has 0 bridgehead atoms. The first-order valence-electron chi connectivity index (χ1n) is 2.58. The molecule has 1 heterocycles. The zero-order valence-electron chi connectivity index (χ0n) is 6.41. The minimum Gasteiger partial charge on any atom is -0.358 e. The molecule has 0 atom stereocenters. The van der Waals surface area contributed by atoms with Crippen LogP contribution < -0.4 is 0 Å². The van der Waals surface area contributed by atoms with Crippen molar-refractivity contribution in [3.63, 3.8) is 0 Å². The maximum Gasteiger partial charge on any atom is 0.251 e. The van der Waals surface area contributed by atoms with Gasteiger partial charge in [0.1, 0.15) is 0 Å². The second kappa shape index (κ2) is 5.41. The molecule has 0 aromatic rings. The third kappa shape index (κ3) is 2.69. The van der Waals surface area contributed by atoms with Gasteiger partial charge in [-0.3, -0.25) is 9.59 Å². The van der Waals surface area contributed by atoms with E-state index in [1.54, 1.807) is 0 Å².